The van der Waals surface area contributed by atoms with Gasteiger partial charge in [0.05, 0.1) is 12.1 Å². The predicted octanol–water partition coefficient (Wildman–Crippen LogP) is 3.35. The van der Waals surface area contributed by atoms with Crippen molar-refractivity contribution in [2.75, 3.05) is 11.9 Å². The molecule has 0 aliphatic heterocycles. The lowest BCUT2D eigenvalue weighted by molar-refractivity contribution is -0.139. The van der Waals surface area contributed by atoms with Gasteiger partial charge in [-0.2, -0.15) is 0 Å². The third-order valence-corrected chi connectivity index (χ3v) is 5.70. The number of alkyl carbamates (subject to hydrolysis) is 1. The lowest BCUT2D eigenvalue weighted by Crippen LogP contribution is -2.45. The van der Waals surface area contributed by atoms with Crippen LogP contribution in [-0.2, 0) is 14.3 Å². The summed E-state index contributed by atoms with van der Waals surface area (Å²) in [5.41, 5.74) is 5.75. The molecular weight excluding hydrogens is 424 g/mol. The van der Waals surface area contributed by atoms with E-state index in [1.54, 1.807) is 13.8 Å². The van der Waals surface area contributed by atoms with E-state index in [2.05, 4.69) is 20.6 Å². The zero-order valence-corrected chi connectivity index (χ0v) is 18.2. The maximum absolute atomic E-state index is 12.6. The average molecular weight is 448 g/mol. The molecule has 0 bridgehead atoms. The average Bonchev–Trinajstić information content (AvgIpc) is 3.27. The van der Waals surface area contributed by atoms with Gasteiger partial charge in [-0.15, -0.1) is 0 Å². The highest BCUT2D eigenvalue weighted by Gasteiger charge is 2.30. The normalized spacial score (nSPS) is 13.0. The number of rotatable bonds is 7. The number of carboxylic acid groups (broad SMARTS) is 1. The number of benzene rings is 2. The van der Waals surface area contributed by atoms with Crippen LogP contribution in [0, 0.1) is 13.8 Å². The number of fused-ring (bicyclic) bond motifs is 3. The molecule has 1 aliphatic rings. The van der Waals surface area contributed by atoms with Crippen LogP contribution in [0.15, 0.2) is 48.5 Å². The molecule has 2 aromatic carbocycles. The Hall–Kier alpha value is -4.14. The zero-order valence-electron chi connectivity index (χ0n) is 18.2. The van der Waals surface area contributed by atoms with Gasteiger partial charge in [0.25, 0.3) is 0 Å². The molecule has 3 aromatic rings. The highest BCUT2D eigenvalue weighted by Crippen LogP contribution is 2.44. The molecule has 4 rings (SSSR count). The Labute approximate surface area is 190 Å². The van der Waals surface area contributed by atoms with Crippen LogP contribution in [0.1, 0.15) is 34.9 Å². The van der Waals surface area contributed by atoms with Crippen LogP contribution in [0.4, 0.5) is 10.7 Å². The van der Waals surface area contributed by atoms with E-state index in [-0.39, 0.29) is 18.5 Å². The molecule has 1 heterocycles. The standard InChI is InChI=1S/C24H24N4O5/c1-13-14(2)26-23(25-13)28-22(31)20(11-21(29)30)27-24(32)33-12-19-17-9-5-3-7-15(17)16-8-4-6-10-18(16)19/h3-10,19-20H,11-12H2,1-2H3,(H,27,32)(H,29,30)(H2,25,26,28,31). The Morgan fingerprint density at radius 3 is 2.21 bits per heavy atom. The van der Waals surface area contributed by atoms with Gasteiger partial charge in [-0.1, -0.05) is 48.5 Å². The second-order valence-corrected chi connectivity index (χ2v) is 7.91. The number of nitrogens with one attached hydrogen (secondary N) is 3. The van der Waals surface area contributed by atoms with Crippen molar-refractivity contribution < 1.29 is 24.2 Å². The molecule has 170 valence electrons. The van der Waals surface area contributed by atoms with Crippen LogP contribution in [0.3, 0.4) is 0 Å². The van der Waals surface area contributed by atoms with Crippen LogP contribution in [0.5, 0.6) is 0 Å². The fraction of sp³-hybridized carbons (Fsp3) is 0.250. The SMILES string of the molecule is Cc1nc(NC(=O)C(CC(=O)O)NC(=O)OCC2c3ccccc3-c3ccccc32)[nH]c1C. The van der Waals surface area contributed by atoms with Crippen LogP contribution < -0.4 is 10.6 Å². The molecule has 0 spiro atoms. The molecule has 1 aliphatic carbocycles. The Kier molecular flexibility index (Phi) is 6.12. The Bertz CT molecular complexity index is 1150. The summed E-state index contributed by atoms with van der Waals surface area (Å²) >= 11 is 0. The minimum Gasteiger partial charge on any atom is -0.481 e. The number of aromatic nitrogens is 2. The number of H-pyrrole nitrogens is 1. The van der Waals surface area contributed by atoms with Crippen molar-refractivity contribution in [2.45, 2.75) is 32.2 Å². The molecule has 0 radical (unpaired) electrons. The summed E-state index contributed by atoms with van der Waals surface area (Å²) in [6.45, 7) is 3.62. The third-order valence-electron chi connectivity index (χ3n) is 5.70. The fourth-order valence-corrected chi connectivity index (χ4v) is 3.98. The molecule has 9 heteroatoms. The highest BCUT2D eigenvalue weighted by atomic mass is 16.5. The molecule has 4 N–H and O–H groups in total. The van der Waals surface area contributed by atoms with Gasteiger partial charge in [0, 0.05) is 11.6 Å². The first-order chi connectivity index (χ1) is 15.8. The van der Waals surface area contributed by atoms with Crippen molar-refractivity contribution in [2.24, 2.45) is 0 Å². The van der Waals surface area contributed by atoms with Crippen LogP contribution >= 0.6 is 0 Å². The van der Waals surface area contributed by atoms with Gasteiger partial charge in [-0.3, -0.25) is 14.9 Å². The number of aryl methyl sites for hydroxylation is 2. The summed E-state index contributed by atoms with van der Waals surface area (Å²) in [4.78, 5) is 43.4. The molecule has 33 heavy (non-hydrogen) atoms. The van der Waals surface area contributed by atoms with Gasteiger partial charge in [-0.25, -0.2) is 9.78 Å². The number of carbonyl (C=O) groups excluding carboxylic acids is 2. The first kappa shape index (κ1) is 22.1. The third kappa shape index (κ3) is 4.72. The topological polar surface area (TPSA) is 133 Å². The van der Waals surface area contributed by atoms with Crippen molar-refractivity contribution in [1.29, 1.82) is 0 Å². The first-order valence-electron chi connectivity index (χ1n) is 10.5. The van der Waals surface area contributed by atoms with E-state index in [1.165, 1.54) is 0 Å². The lowest BCUT2D eigenvalue weighted by Gasteiger charge is -2.18. The number of carboxylic acids is 1. The molecule has 9 nitrogen and oxygen atoms in total. The molecule has 1 aromatic heterocycles. The van der Waals surface area contributed by atoms with Gasteiger partial charge < -0.3 is 20.1 Å². The summed E-state index contributed by atoms with van der Waals surface area (Å²) in [6.07, 6.45) is -1.47. The van der Waals surface area contributed by atoms with Crippen LogP contribution in [0.2, 0.25) is 0 Å². The highest BCUT2D eigenvalue weighted by molar-refractivity contribution is 5.97. The second-order valence-electron chi connectivity index (χ2n) is 7.91. The molecule has 1 unspecified atom stereocenters. The van der Waals surface area contributed by atoms with Gasteiger partial charge in [-0.05, 0) is 36.1 Å². The Morgan fingerprint density at radius 1 is 1.06 bits per heavy atom. The van der Waals surface area contributed by atoms with Crippen LogP contribution in [0.25, 0.3) is 11.1 Å². The molecule has 0 fully saturated rings. The second kappa shape index (κ2) is 9.15. The van der Waals surface area contributed by atoms with Gasteiger partial charge in [0.15, 0.2) is 0 Å². The van der Waals surface area contributed by atoms with Crippen molar-refractivity contribution in [3.05, 3.63) is 71.0 Å². The summed E-state index contributed by atoms with van der Waals surface area (Å²) < 4.78 is 5.43. The van der Waals surface area contributed by atoms with E-state index in [0.29, 0.717) is 5.69 Å². The minimum absolute atomic E-state index is 0.0534. The largest absolute Gasteiger partial charge is 0.481 e. The maximum atomic E-state index is 12.6. The number of nitrogens with zero attached hydrogens (tertiary/aromatic N) is 1. The number of aromatic amines is 1. The fourth-order valence-electron chi connectivity index (χ4n) is 3.98. The van der Waals surface area contributed by atoms with E-state index in [1.807, 2.05) is 48.5 Å². The van der Waals surface area contributed by atoms with Gasteiger partial charge in [0.1, 0.15) is 12.6 Å². The van der Waals surface area contributed by atoms with Gasteiger partial charge in [0.2, 0.25) is 11.9 Å². The van der Waals surface area contributed by atoms with Crippen LogP contribution in [-0.4, -0.2) is 45.7 Å². The summed E-state index contributed by atoms with van der Waals surface area (Å²) in [7, 11) is 0. The quantitative estimate of drug-likeness (QED) is 0.438. The lowest BCUT2D eigenvalue weighted by atomic mass is 9.98. The number of carbonyl (C=O) groups is 3. The molecule has 0 saturated heterocycles. The van der Waals surface area contributed by atoms with E-state index in [0.717, 1.165) is 27.9 Å². The monoisotopic (exact) mass is 448 g/mol. The number of anilines is 1. The number of hydrogen-bond donors (Lipinski definition) is 4. The molecular formula is C24H24N4O5. The molecule has 0 saturated carbocycles. The van der Waals surface area contributed by atoms with E-state index in [9.17, 15) is 19.5 Å². The summed E-state index contributed by atoms with van der Waals surface area (Å²) in [5, 5.41) is 14.0. The zero-order chi connectivity index (χ0) is 23.5. The van der Waals surface area contributed by atoms with Gasteiger partial charge >= 0.3 is 12.1 Å². The minimum atomic E-state index is -1.33. The predicted molar refractivity (Wildman–Crippen MR) is 121 cm³/mol. The number of amides is 2. The number of hydrogen-bond acceptors (Lipinski definition) is 5. The smallest absolute Gasteiger partial charge is 0.407 e. The van der Waals surface area contributed by atoms with Crippen molar-refractivity contribution in [3.63, 3.8) is 0 Å². The Morgan fingerprint density at radius 2 is 1.67 bits per heavy atom. The number of imidazole rings is 1. The summed E-state index contributed by atoms with van der Waals surface area (Å²) in [5.74, 6) is -1.91. The molecule has 2 amide bonds. The number of aliphatic carboxylic acids is 1. The van der Waals surface area contributed by atoms with E-state index in [4.69, 9.17) is 4.74 Å². The summed E-state index contributed by atoms with van der Waals surface area (Å²) in [6, 6.07) is 14.5. The maximum Gasteiger partial charge on any atom is 0.407 e. The van der Waals surface area contributed by atoms with E-state index >= 15 is 0 Å². The first-order valence-corrected chi connectivity index (χ1v) is 10.5. The Balaban J connectivity index is 1.43. The number of ether oxygens (including phenoxy) is 1. The van der Waals surface area contributed by atoms with E-state index < -0.39 is 30.4 Å². The molecule has 1 atom stereocenters. The van der Waals surface area contributed by atoms with Crippen molar-refractivity contribution in [3.8, 4) is 11.1 Å². The van der Waals surface area contributed by atoms with Crippen molar-refractivity contribution >= 4 is 23.9 Å². The van der Waals surface area contributed by atoms with Crippen molar-refractivity contribution in [1.82, 2.24) is 15.3 Å².